The van der Waals surface area contributed by atoms with Gasteiger partial charge in [0.05, 0.1) is 0 Å². The minimum atomic E-state index is -0.806. The van der Waals surface area contributed by atoms with Gasteiger partial charge in [0.15, 0.2) is 11.6 Å². The first kappa shape index (κ1) is 32.6. The molecule has 0 aliphatic carbocycles. The Morgan fingerprint density at radius 3 is 1.84 bits per heavy atom. The summed E-state index contributed by atoms with van der Waals surface area (Å²) in [4.78, 5) is 32.1. The molecule has 2 heterocycles. The fourth-order valence-electron chi connectivity index (χ4n) is 7.14. The van der Waals surface area contributed by atoms with Crippen LogP contribution in [0.4, 0.5) is 11.4 Å². The zero-order valence-electron chi connectivity index (χ0n) is 28.8. The molecule has 0 aliphatic rings. The third-order valence-corrected chi connectivity index (χ3v) is 9.35. The Labute approximate surface area is 290 Å². The molecule has 0 amide bonds. The highest BCUT2D eigenvalue weighted by molar-refractivity contribution is 6.16. The maximum absolute atomic E-state index is 13.9. The van der Waals surface area contributed by atoms with Crippen LogP contribution >= 0.6 is 0 Å². The number of fused-ring (bicyclic) bond motifs is 6. The molecule has 0 fully saturated rings. The van der Waals surface area contributed by atoms with Gasteiger partial charge in [0.1, 0.15) is 6.23 Å². The third kappa shape index (κ3) is 5.55. The summed E-state index contributed by atoms with van der Waals surface area (Å²) in [6.07, 6.45) is -0.806. The zero-order chi connectivity index (χ0) is 35.1. The van der Waals surface area contributed by atoms with Crippen LogP contribution in [0.25, 0.3) is 43.6 Å². The van der Waals surface area contributed by atoms with Crippen LogP contribution in [0, 0.1) is 0 Å². The number of hydrogen-bond donors (Lipinski definition) is 2. The molecule has 0 radical (unpaired) electrons. The number of aryl methyl sites for hydroxylation is 2. The van der Waals surface area contributed by atoms with Crippen LogP contribution in [0.15, 0.2) is 108 Å². The smallest absolute Gasteiger partial charge is 0.332 e. The van der Waals surface area contributed by atoms with Crippen molar-refractivity contribution in [1.82, 2.24) is 14.5 Å². The summed E-state index contributed by atoms with van der Waals surface area (Å²) >= 11 is 0. The van der Waals surface area contributed by atoms with Crippen molar-refractivity contribution >= 4 is 72.6 Å². The Morgan fingerprint density at radius 2 is 1.24 bits per heavy atom. The number of aromatic nitrogens is 2. The molecule has 7 rings (SSSR count). The van der Waals surface area contributed by atoms with Gasteiger partial charge >= 0.3 is 5.97 Å². The molecule has 9 heteroatoms. The lowest BCUT2D eigenvalue weighted by molar-refractivity contribution is -0.140. The number of nitrogens with zero attached hydrogens (tertiary/aromatic N) is 4. The highest BCUT2D eigenvalue weighted by Crippen LogP contribution is 2.36. The maximum Gasteiger partial charge on any atom is 0.332 e. The molecule has 0 saturated heterocycles. The molecule has 252 valence electrons. The average molecular weight is 666 g/mol. The van der Waals surface area contributed by atoms with E-state index in [9.17, 15) is 14.7 Å². The van der Waals surface area contributed by atoms with Crippen molar-refractivity contribution in [3.63, 3.8) is 0 Å². The Balaban J connectivity index is 1.23. The first-order valence-corrected chi connectivity index (χ1v) is 16.9. The lowest BCUT2D eigenvalue weighted by Crippen LogP contribution is -2.27. The van der Waals surface area contributed by atoms with Crippen molar-refractivity contribution in [2.75, 3.05) is 11.9 Å². The number of rotatable bonds is 9. The van der Waals surface area contributed by atoms with E-state index in [1.165, 1.54) is 17.8 Å². The number of carbonyl (C=O) groups excluding carboxylic acids is 2. The number of ketones is 1. The van der Waals surface area contributed by atoms with E-state index in [-0.39, 0.29) is 5.78 Å². The first-order valence-electron chi connectivity index (χ1n) is 16.9. The quantitative estimate of drug-likeness (QED) is 0.0404. The number of para-hydroxylation sites is 1. The number of anilines is 2. The molecule has 1 unspecified atom stereocenters. The SMILES string of the molecule is CCn1c2ccc(C(=O)c3ccc(N(c4ccc5c(c4)c4ccccc4n5CC)C(C)O)cc3)cc2c2cc(C(=NOC(C)=O)NC)ccc21. The largest absolute Gasteiger partial charge is 0.374 e. The summed E-state index contributed by atoms with van der Waals surface area (Å²) in [5.41, 5.74) is 7.88. The molecule has 0 saturated carbocycles. The number of carbonyl (C=O) groups is 2. The topological polar surface area (TPSA) is 101 Å². The van der Waals surface area contributed by atoms with Gasteiger partial charge in [-0.2, -0.15) is 0 Å². The molecule has 9 nitrogen and oxygen atoms in total. The predicted molar refractivity (Wildman–Crippen MR) is 201 cm³/mol. The number of aliphatic hydroxyl groups excluding tert-OH is 1. The van der Waals surface area contributed by atoms with E-state index >= 15 is 0 Å². The number of benzene rings is 5. The van der Waals surface area contributed by atoms with E-state index in [2.05, 4.69) is 69.9 Å². The number of oxime groups is 1. The number of nitrogens with one attached hydrogen (secondary N) is 1. The minimum absolute atomic E-state index is 0.100. The van der Waals surface area contributed by atoms with Crippen LogP contribution < -0.4 is 10.2 Å². The van der Waals surface area contributed by atoms with Gasteiger partial charge < -0.3 is 29.3 Å². The standard InChI is InChI=1S/C41H39N5O4/c1-6-44-36-11-9-8-10-32(36)35-24-31(18-21-39(35)44)46(25(3)47)30-16-12-27(13-17-30)40(49)28-14-19-37-33(22-28)34-23-29(15-20-38(34)45(37)7-2)41(42-5)43-50-26(4)48/h8-25,47H,6-7H2,1-5H3,(H,42,43). The summed E-state index contributed by atoms with van der Waals surface area (Å²) in [5.74, 6) is -0.184. The molecular formula is C41H39N5O4. The van der Waals surface area contributed by atoms with Crippen molar-refractivity contribution in [2.24, 2.45) is 5.16 Å². The Hall–Kier alpha value is -5.93. The Morgan fingerprint density at radius 1 is 0.720 bits per heavy atom. The minimum Gasteiger partial charge on any atom is -0.374 e. The lowest BCUT2D eigenvalue weighted by atomic mass is 10.00. The molecule has 50 heavy (non-hydrogen) atoms. The summed E-state index contributed by atoms with van der Waals surface area (Å²) in [6.45, 7) is 8.89. The lowest BCUT2D eigenvalue weighted by Gasteiger charge is -2.28. The van der Waals surface area contributed by atoms with Gasteiger partial charge in [0.2, 0.25) is 0 Å². The summed E-state index contributed by atoms with van der Waals surface area (Å²) in [7, 11) is 1.72. The van der Waals surface area contributed by atoms with E-state index in [1.54, 1.807) is 14.0 Å². The molecule has 0 spiro atoms. The Kier molecular flexibility index (Phi) is 8.59. The normalized spacial score (nSPS) is 12.6. The van der Waals surface area contributed by atoms with Crippen LogP contribution in [0.3, 0.4) is 0 Å². The molecule has 0 bridgehead atoms. The van der Waals surface area contributed by atoms with E-state index in [4.69, 9.17) is 4.84 Å². The van der Waals surface area contributed by atoms with E-state index < -0.39 is 12.2 Å². The van der Waals surface area contributed by atoms with Crippen molar-refractivity contribution < 1.29 is 19.5 Å². The average Bonchev–Trinajstić information content (AvgIpc) is 3.62. The second-order valence-corrected chi connectivity index (χ2v) is 12.3. The van der Waals surface area contributed by atoms with Gasteiger partial charge in [0, 0.05) is 98.7 Å². The highest BCUT2D eigenvalue weighted by Gasteiger charge is 2.20. The van der Waals surface area contributed by atoms with Gasteiger partial charge in [-0.05, 0) is 106 Å². The van der Waals surface area contributed by atoms with Gasteiger partial charge in [0.25, 0.3) is 0 Å². The van der Waals surface area contributed by atoms with Crippen LogP contribution in [0.2, 0.25) is 0 Å². The van der Waals surface area contributed by atoms with Crippen molar-refractivity contribution in [3.05, 3.63) is 120 Å². The molecule has 7 aromatic rings. The predicted octanol–water partition coefficient (Wildman–Crippen LogP) is 8.09. The molecule has 0 aliphatic heterocycles. The number of hydrogen-bond acceptors (Lipinski definition) is 6. The maximum atomic E-state index is 13.9. The molecule has 5 aromatic carbocycles. The summed E-state index contributed by atoms with van der Waals surface area (Å²) < 4.78 is 4.51. The fourth-order valence-corrected chi connectivity index (χ4v) is 7.14. The number of aliphatic hydroxyl groups is 1. The van der Waals surface area contributed by atoms with E-state index in [0.29, 0.717) is 17.0 Å². The Bertz CT molecular complexity index is 2450. The van der Waals surface area contributed by atoms with E-state index in [0.717, 1.165) is 62.7 Å². The second-order valence-electron chi connectivity index (χ2n) is 12.3. The summed E-state index contributed by atoms with van der Waals surface area (Å²) in [5, 5.41) is 22.1. The fraction of sp³-hybridized carbons (Fsp3) is 0.195. The van der Waals surface area contributed by atoms with Gasteiger partial charge in [-0.3, -0.25) is 4.79 Å². The van der Waals surface area contributed by atoms with Gasteiger partial charge in [-0.1, -0.05) is 23.4 Å². The van der Waals surface area contributed by atoms with Crippen LogP contribution in [-0.2, 0) is 22.7 Å². The van der Waals surface area contributed by atoms with Crippen molar-refractivity contribution in [1.29, 1.82) is 0 Å². The molecular weight excluding hydrogens is 626 g/mol. The zero-order valence-corrected chi connectivity index (χ0v) is 28.8. The highest BCUT2D eigenvalue weighted by atomic mass is 16.7. The van der Waals surface area contributed by atoms with Crippen LogP contribution in [-0.4, -0.2) is 45.1 Å². The number of amidine groups is 1. The molecule has 2 aromatic heterocycles. The monoisotopic (exact) mass is 665 g/mol. The van der Waals surface area contributed by atoms with Gasteiger partial charge in [-0.15, -0.1) is 0 Å². The van der Waals surface area contributed by atoms with Gasteiger partial charge in [-0.25, -0.2) is 4.79 Å². The van der Waals surface area contributed by atoms with Crippen LogP contribution in [0.5, 0.6) is 0 Å². The first-order chi connectivity index (χ1) is 24.2. The summed E-state index contributed by atoms with van der Waals surface area (Å²) in [6, 6.07) is 33.8. The van der Waals surface area contributed by atoms with Crippen molar-refractivity contribution in [2.45, 2.75) is 47.0 Å². The van der Waals surface area contributed by atoms with E-state index in [1.807, 2.05) is 71.6 Å². The van der Waals surface area contributed by atoms with Crippen LogP contribution in [0.1, 0.15) is 49.2 Å². The van der Waals surface area contributed by atoms with Crippen molar-refractivity contribution in [3.8, 4) is 0 Å². The molecule has 1 atom stereocenters. The molecule has 2 N–H and O–H groups in total. The second kappa shape index (κ2) is 13.2. The third-order valence-electron chi connectivity index (χ3n) is 9.35.